The van der Waals surface area contributed by atoms with Crippen molar-refractivity contribution in [2.45, 2.75) is 18.5 Å². The van der Waals surface area contributed by atoms with E-state index in [9.17, 15) is 35.5 Å². The van der Waals surface area contributed by atoms with Crippen molar-refractivity contribution in [3.8, 4) is 0 Å². The summed E-state index contributed by atoms with van der Waals surface area (Å²) in [5.74, 6) is -8.44. The summed E-state index contributed by atoms with van der Waals surface area (Å²) in [7, 11) is 0. The topological polar surface area (TPSA) is 29.1 Å². The second-order valence-corrected chi connectivity index (χ2v) is 2.17. The van der Waals surface area contributed by atoms with E-state index < -0.39 is 31.0 Å². The van der Waals surface area contributed by atoms with Crippen molar-refractivity contribution in [1.29, 1.82) is 0 Å². The number of hydrogen-bond donors (Lipinski definition) is 1. The summed E-state index contributed by atoms with van der Waals surface area (Å²) in [6, 6.07) is 0. The van der Waals surface area contributed by atoms with Crippen LogP contribution in [-0.4, -0.2) is 31.0 Å². The van der Waals surface area contributed by atoms with E-state index in [-0.39, 0.29) is 0 Å². The first-order valence-electron chi connectivity index (χ1n) is 3.10. The molecule has 1 amide bonds. The Kier molecular flexibility index (Phi) is 3.72. The van der Waals surface area contributed by atoms with E-state index in [0.29, 0.717) is 0 Å². The Bertz CT molecular complexity index is 211. The molecule has 84 valence electrons. The van der Waals surface area contributed by atoms with Crippen molar-refractivity contribution in [2.24, 2.45) is 0 Å². The Morgan fingerprint density at radius 1 is 1.14 bits per heavy atom. The minimum atomic E-state index is -6.08. The minimum Gasteiger partial charge on any atom is -0.345 e. The number of carbonyl (C=O) groups is 1. The number of alkyl halides is 7. The van der Waals surface area contributed by atoms with E-state index in [0.717, 1.165) is 5.32 Å². The van der Waals surface area contributed by atoms with Crippen LogP contribution in [0.25, 0.3) is 0 Å². The molecule has 0 fully saturated rings. The van der Waals surface area contributed by atoms with Crippen LogP contribution in [0.15, 0.2) is 0 Å². The Morgan fingerprint density at radius 2 is 1.57 bits per heavy atom. The number of rotatable bonds is 3. The van der Waals surface area contributed by atoms with Crippen LogP contribution in [-0.2, 0) is 4.79 Å². The lowest BCUT2D eigenvalue weighted by Crippen LogP contribution is -2.51. The van der Waals surface area contributed by atoms with Crippen molar-refractivity contribution >= 4 is 5.91 Å². The summed E-state index contributed by atoms with van der Waals surface area (Å²) >= 11 is 0. The van der Waals surface area contributed by atoms with Crippen LogP contribution in [0.3, 0.4) is 0 Å². The van der Waals surface area contributed by atoms with Crippen LogP contribution in [0.4, 0.5) is 30.7 Å². The highest BCUT2D eigenvalue weighted by Gasteiger charge is 2.63. The Hall–Kier alpha value is -1.02. The van der Waals surface area contributed by atoms with E-state index in [2.05, 4.69) is 0 Å². The molecule has 14 heavy (non-hydrogen) atoms. The van der Waals surface area contributed by atoms with Crippen molar-refractivity contribution in [3.63, 3.8) is 0 Å². The molecular weight excluding hydrogens is 223 g/mol. The molecule has 0 bridgehead atoms. The van der Waals surface area contributed by atoms with Crippen molar-refractivity contribution in [2.75, 3.05) is 6.54 Å². The summed E-state index contributed by atoms with van der Waals surface area (Å²) in [5, 5.41) is 0.770. The fraction of sp³-hybridized carbons (Fsp3) is 0.800. The predicted octanol–water partition coefficient (Wildman–Crippen LogP) is 1.57. The monoisotopic (exact) mass is 227 g/mol. The SMILES string of the molecule is O=C(NCC(F)F)C(F)(F)C(F)(F)F. The maximum absolute atomic E-state index is 12.0. The Balaban J connectivity index is 4.38. The van der Waals surface area contributed by atoms with Gasteiger partial charge in [-0.3, -0.25) is 4.79 Å². The summed E-state index contributed by atoms with van der Waals surface area (Å²) < 4.78 is 80.9. The summed E-state index contributed by atoms with van der Waals surface area (Å²) in [6.07, 6.45) is -9.28. The van der Waals surface area contributed by atoms with E-state index in [1.165, 1.54) is 0 Å². The third-order valence-electron chi connectivity index (χ3n) is 1.06. The van der Waals surface area contributed by atoms with Gasteiger partial charge in [0.15, 0.2) is 0 Å². The summed E-state index contributed by atoms with van der Waals surface area (Å²) in [6.45, 7) is -1.55. The van der Waals surface area contributed by atoms with E-state index in [1.807, 2.05) is 0 Å². The largest absolute Gasteiger partial charge is 0.463 e. The van der Waals surface area contributed by atoms with Gasteiger partial charge in [-0.15, -0.1) is 0 Å². The molecular formula is C5H4F7NO. The van der Waals surface area contributed by atoms with Gasteiger partial charge in [0.2, 0.25) is 0 Å². The van der Waals surface area contributed by atoms with Crippen LogP contribution < -0.4 is 5.32 Å². The maximum Gasteiger partial charge on any atom is 0.463 e. The van der Waals surface area contributed by atoms with Crippen molar-refractivity contribution in [3.05, 3.63) is 0 Å². The quantitative estimate of drug-likeness (QED) is 0.728. The first-order chi connectivity index (χ1) is 6.09. The van der Waals surface area contributed by atoms with Crippen LogP contribution in [0.1, 0.15) is 0 Å². The molecule has 0 saturated carbocycles. The fourth-order valence-corrected chi connectivity index (χ4v) is 0.410. The molecule has 0 aliphatic carbocycles. The van der Waals surface area contributed by atoms with Crippen molar-refractivity contribution in [1.82, 2.24) is 5.32 Å². The normalized spacial score (nSPS) is 13.1. The zero-order chi connectivity index (χ0) is 11.6. The Labute approximate surface area is 73.1 Å². The summed E-state index contributed by atoms with van der Waals surface area (Å²) in [5.41, 5.74) is 0. The van der Waals surface area contributed by atoms with Crippen LogP contribution in [0.5, 0.6) is 0 Å². The smallest absolute Gasteiger partial charge is 0.345 e. The van der Waals surface area contributed by atoms with Gasteiger partial charge in [0.05, 0.1) is 6.54 Å². The molecule has 0 aliphatic rings. The molecule has 0 saturated heterocycles. The second kappa shape index (κ2) is 4.01. The third kappa shape index (κ3) is 3.04. The number of nitrogens with one attached hydrogen (secondary N) is 1. The number of halogens is 7. The van der Waals surface area contributed by atoms with Gasteiger partial charge in [-0.25, -0.2) is 8.78 Å². The van der Waals surface area contributed by atoms with Gasteiger partial charge in [0.1, 0.15) is 0 Å². The molecule has 0 aromatic rings. The predicted molar refractivity (Wildman–Crippen MR) is 30.0 cm³/mol. The molecule has 0 aliphatic heterocycles. The molecule has 0 radical (unpaired) electrons. The van der Waals surface area contributed by atoms with Gasteiger partial charge in [0.25, 0.3) is 6.43 Å². The van der Waals surface area contributed by atoms with Gasteiger partial charge >= 0.3 is 18.0 Å². The zero-order valence-corrected chi connectivity index (χ0v) is 6.34. The molecule has 1 N–H and O–H groups in total. The molecule has 0 rings (SSSR count). The number of hydrogen-bond acceptors (Lipinski definition) is 1. The zero-order valence-electron chi connectivity index (χ0n) is 6.34. The van der Waals surface area contributed by atoms with E-state index in [4.69, 9.17) is 0 Å². The molecule has 9 heteroatoms. The van der Waals surface area contributed by atoms with Gasteiger partial charge < -0.3 is 5.32 Å². The highest BCUT2D eigenvalue weighted by atomic mass is 19.4. The molecule has 2 nitrogen and oxygen atoms in total. The molecule has 0 unspecified atom stereocenters. The average Bonchev–Trinajstić information content (AvgIpc) is 1.97. The molecule has 0 heterocycles. The van der Waals surface area contributed by atoms with Gasteiger partial charge in [0, 0.05) is 0 Å². The van der Waals surface area contributed by atoms with E-state index in [1.54, 1.807) is 0 Å². The fourth-order valence-electron chi connectivity index (χ4n) is 0.410. The lowest BCUT2D eigenvalue weighted by molar-refractivity contribution is -0.269. The van der Waals surface area contributed by atoms with Crippen LogP contribution >= 0.6 is 0 Å². The van der Waals surface area contributed by atoms with Crippen LogP contribution in [0, 0.1) is 0 Å². The molecule has 0 atom stereocenters. The molecule has 0 aromatic heterocycles. The average molecular weight is 227 g/mol. The number of amides is 1. The summed E-state index contributed by atoms with van der Waals surface area (Å²) in [4.78, 5) is 10.1. The molecule has 0 aromatic carbocycles. The highest BCUT2D eigenvalue weighted by molar-refractivity contribution is 5.84. The standard InChI is InChI=1S/C5H4F7NO/c6-2(7)1-13-3(14)4(8,9)5(10,11)12/h2H,1H2,(H,13,14). The van der Waals surface area contributed by atoms with Gasteiger partial charge in [-0.1, -0.05) is 0 Å². The maximum atomic E-state index is 12.0. The van der Waals surface area contributed by atoms with E-state index >= 15 is 0 Å². The second-order valence-electron chi connectivity index (χ2n) is 2.17. The molecule has 0 spiro atoms. The van der Waals surface area contributed by atoms with Gasteiger partial charge in [-0.2, -0.15) is 22.0 Å². The number of carbonyl (C=O) groups excluding carboxylic acids is 1. The van der Waals surface area contributed by atoms with Crippen LogP contribution in [0.2, 0.25) is 0 Å². The van der Waals surface area contributed by atoms with Crippen molar-refractivity contribution < 1.29 is 35.5 Å². The lowest BCUT2D eigenvalue weighted by Gasteiger charge is -2.18. The van der Waals surface area contributed by atoms with Gasteiger partial charge in [-0.05, 0) is 0 Å². The lowest BCUT2D eigenvalue weighted by atomic mass is 10.3. The highest BCUT2D eigenvalue weighted by Crippen LogP contribution is 2.35. The first kappa shape index (κ1) is 13.0. The minimum absolute atomic E-state index is 0.770. The first-order valence-corrected chi connectivity index (χ1v) is 3.10. The Morgan fingerprint density at radius 3 is 1.86 bits per heavy atom. The third-order valence-corrected chi connectivity index (χ3v) is 1.06.